The van der Waals surface area contributed by atoms with Crippen molar-refractivity contribution in [1.82, 2.24) is 0 Å². The summed E-state index contributed by atoms with van der Waals surface area (Å²) in [7, 11) is 0. The van der Waals surface area contributed by atoms with Gasteiger partial charge in [0.05, 0.1) is 18.2 Å². The van der Waals surface area contributed by atoms with Crippen LogP contribution in [0.1, 0.15) is 23.1 Å². The van der Waals surface area contributed by atoms with E-state index in [1.807, 2.05) is 6.07 Å². The first kappa shape index (κ1) is 20.0. The lowest BCUT2D eigenvalue weighted by Crippen LogP contribution is -2.33. The van der Waals surface area contributed by atoms with E-state index in [1.54, 1.807) is 12.1 Å². The summed E-state index contributed by atoms with van der Waals surface area (Å²) >= 11 is 0. The SMILES string of the molecule is O=C(O)N(CCOc1ccc(C(F)(F)F)cc1)c1ccc2c(c1)CC(O)CC2. The van der Waals surface area contributed by atoms with Crippen molar-refractivity contribution in [3.05, 3.63) is 59.2 Å². The maximum absolute atomic E-state index is 12.6. The third-order valence-electron chi connectivity index (χ3n) is 4.70. The standard InChI is InChI=1S/C20H20F3NO4/c21-20(22,23)15-3-7-18(8-4-15)28-10-9-24(19(26)27)16-5-1-13-2-6-17(25)12-14(13)11-16/h1,3-5,7-8,11,17,25H,2,6,9-10,12H2,(H,26,27). The first-order valence-corrected chi connectivity index (χ1v) is 8.84. The topological polar surface area (TPSA) is 70.0 Å². The van der Waals surface area contributed by atoms with Gasteiger partial charge >= 0.3 is 12.3 Å². The maximum Gasteiger partial charge on any atom is 0.416 e. The maximum atomic E-state index is 12.6. The molecule has 2 aromatic rings. The van der Waals surface area contributed by atoms with Crippen molar-refractivity contribution in [1.29, 1.82) is 0 Å². The number of aliphatic hydroxyl groups is 1. The average Bonchev–Trinajstić information content (AvgIpc) is 2.64. The molecule has 28 heavy (non-hydrogen) atoms. The molecule has 0 aliphatic heterocycles. The summed E-state index contributed by atoms with van der Waals surface area (Å²) in [5, 5.41) is 19.3. The zero-order valence-electron chi connectivity index (χ0n) is 14.9. The van der Waals surface area contributed by atoms with E-state index in [1.165, 1.54) is 12.1 Å². The molecule has 1 atom stereocenters. The van der Waals surface area contributed by atoms with Crippen LogP contribution in [0.15, 0.2) is 42.5 Å². The molecule has 1 aliphatic carbocycles. The van der Waals surface area contributed by atoms with E-state index in [0.717, 1.165) is 34.6 Å². The summed E-state index contributed by atoms with van der Waals surface area (Å²) in [6.07, 6.45) is -4.08. The van der Waals surface area contributed by atoms with Gasteiger partial charge in [-0.25, -0.2) is 4.79 Å². The third-order valence-corrected chi connectivity index (χ3v) is 4.70. The van der Waals surface area contributed by atoms with Gasteiger partial charge in [-0.05, 0) is 66.8 Å². The Balaban J connectivity index is 1.64. The van der Waals surface area contributed by atoms with Crippen LogP contribution in [0.25, 0.3) is 0 Å². The highest BCUT2D eigenvalue weighted by atomic mass is 19.4. The average molecular weight is 395 g/mol. The van der Waals surface area contributed by atoms with Crippen LogP contribution in [0, 0.1) is 0 Å². The molecule has 2 aromatic carbocycles. The molecule has 0 fully saturated rings. The van der Waals surface area contributed by atoms with Crippen molar-refractivity contribution in [3.63, 3.8) is 0 Å². The Hall–Kier alpha value is -2.74. The molecule has 0 aromatic heterocycles. The van der Waals surface area contributed by atoms with Crippen LogP contribution in [0.4, 0.5) is 23.7 Å². The van der Waals surface area contributed by atoms with Crippen molar-refractivity contribution in [2.24, 2.45) is 0 Å². The van der Waals surface area contributed by atoms with Gasteiger partial charge in [0, 0.05) is 5.69 Å². The molecule has 0 radical (unpaired) electrons. The molecule has 0 saturated heterocycles. The lowest BCUT2D eigenvalue weighted by atomic mass is 9.89. The first-order valence-electron chi connectivity index (χ1n) is 8.84. The van der Waals surface area contributed by atoms with Crippen LogP contribution in [0.2, 0.25) is 0 Å². The molecule has 0 saturated carbocycles. The summed E-state index contributed by atoms with van der Waals surface area (Å²) in [6, 6.07) is 9.57. The summed E-state index contributed by atoms with van der Waals surface area (Å²) in [6.45, 7) is -0.00489. The van der Waals surface area contributed by atoms with E-state index in [4.69, 9.17) is 4.74 Å². The summed E-state index contributed by atoms with van der Waals surface area (Å²) < 4.78 is 43.1. The Morgan fingerprint density at radius 2 is 1.86 bits per heavy atom. The molecule has 1 unspecified atom stereocenters. The summed E-state index contributed by atoms with van der Waals surface area (Å²) in [5.74, 6) is 0.229. The minimum Gasteiger partial charge on any atom is -0.492 e. The monoisotopic (exact) mass is 395 g/mol. The number of aryl methyl sites for hydroxylation is 1. The lowest BCUT2D eigenvalue weighted by Gasteiger charge is -2.24. The molecule has 5 nitrogen and oxygen atoms in total. The Bertz CT molecular complexity index is 836. The number of amides is 1. The number of fused-ring (bicyclic) bond motifs is 1. The van der Waals surface area contributed by atoms with Gasteiger partial charge in [0.2, 0.25) is 0 Å². The number of hydrogen-bond acceptors (Lipinski definition) is 3. The zero-order chi connectivity index (χ0) is 20.3. The number of rotatable bonds is 5. The fourth-order valence-electron chi connectivity index (χ4n) is 3.22. The minimum absolute atomic E-state index is 0.0116. The molecule has 3 rings (SSSR count). The van der Waals surface area contributed by atoms with Crippen LogP contribution < -0.4 is 9.64 Å². The number of anilines is 1. The van der Waals surface area contributed by atoms with Gasteiger partial charge in [-0.2, -0.15) is 13.2 Å². The van der Waals surface area contributed by atoms with Gasteiger partial charge in [-0.15, -0.1) is 0 Å². The number of ether oxygens (including phenoxy) is 1. The van der Waals surface area contributed by atoms with Crippen molar-refractivity contribution < 1.29 is 32.9 Å². The minimum atomic E-state index is -4.42. The van der Waals surface area contributed by atoms with Crippen LogP contribution in [0.3, 0.4) is 0 Å². The third kappa shape index (κ3) is 4.75. The molecule has 0 bridgehead atoms. The smallest absolute Gasteiger partial charge is 0.416 e. The van der Waals surface area contributed by atoms with Gasteiger partial charge in [-0.1, -0.05) is 6.07 Å². The molecule has 1 aliphatic rings. The van der Waals surface area contributed by atoms with Gasteiger partial charge in [0.1, 0.15) is 12.4 Å². The van der Waals surface area contributed by atoms with Gasteiger partial charge in [-0.3, -0.25) is 4.90 Å². The lowest BCUT2D eigenvalue weighted by molar-refractivity contribution is -0.137. The van der Waals surface area contributed by atoms with Crippen molar-refractivity contribution >= 4 is 11.8 Å². The van der Waals surface area contributed by atoms with Crippen molar-refractivity contribution in [2.75, 3.05) is 18.1 Å². The molecule has 2 N–H and O–H groups in total. The normalized spacial score (nSPS) is 16.4. The Morgan fingerprint density at radius 3 is 2.50 bits per heavy atom. The van der Waals surface area contributed by atoms with Gasteiger partial charge < -0.3 is 14.9 Å². The van der Waals surface area contributed by atoms with Crippen molar-refractivity contribution in [3.8, 4) is 5.75 Å². The Kier molecular flexibility index (Phi) is 5.79. The second-order valence-corrected chi connectivity index (χ2v) is 6.65. The second-order valence-electron chi connectivity index (χ2n) is 6.65. The second kappa shape index (κ2) is 8.10. The molecule has 0 spiro atoms. The van der Waals surface area contributed by atoms with Crippen molar-refractivity contribution in [2.45, 2.75) is 31.5 Å². The molecule has 0 heterocycles. The van der Waals surface area contributed by atoms with Gasteiger partial charge in [0.15, 0.2) is 0 Å². The van der Waals surface area contributed by atoms with E-state index >= 15 is 0 Å². The molecule has 150 valence electrons. The number of hydrogen-bond donors (Lipinski definition) is 2. The summed E-state index contributed by atoms with van der Waals surface area (Å²) in [4.78, 5) is 12.7. The van der Waals surface area contributed by atoms with E-state index in [0.29, 0.717) is 18.5 Å². The quantitative estimate of drug-likeness (QED) is 0.799. The molecule has 1 amide bonds. The van der Waals surface area contributed by atoms with Crippen LogP contribution in [-0.4, -0.2) is 35.6 Å². The van der Waals surface area contributed by atoms with Crippen LogP contribution in [-0.2, 0) is 19.0 Å². The van der Waals surface area contributed by atoms with Crippen LogP contribution in [0.5, 0.6) is 5.75 Å². The largest absolute Gasteiger partial charge is 0.492 e. The predicted molar refractivity (Wildman–Crippen MR) is 96.8 cm³/mol. The number of carboxylic acid groups (broad SMARTS) is 1. The van der Waals surface area contributed by atoms with E-state index in [-0.39, 0.29) is 18.9 Å². The van der Waals surface area contributed by atoms with E-state index in [9.17, 15) is 28.2 Å². The highest BCUT2D eigenvalue weighted by molar-refractivity contribution is 5.86. The Morgan fingerprint density at radius 1 is 1.14 bits per heavy atom. The van der Waals surface area contributed by atoms with E-state index < -0.39 is 23.9 Å². The number of alkyl halides is 3. The Labute approximate surface area is 160 Å². The number of nitrogens with zero attached hydrogens (tertiary/aromatic N) is 1. The number of aliphatic hydroxyl groups excluding tert-OH is 1. The number of benzene rings is 2. The fourth-order valence-corrected chi connectivity index (χ4v) is 3.22. The molecular weight excluding hydrogens is 375 g/mol. The summed E-state index contributed by atoms with van der Waals surface area (Å²) in [5.41, 5.74) is 1.71. The number of halogens is 3. The first-order chi connectivity index (χ1) is 13.2. The number of carbonyl (C=O) groups is 1. The molecule has 8 heteroatoms. The van der Waals surface area contributed by atoms with Crippen LogP contribution >= 0.6 is 0 Å². The highest BCUT2D eigenvalue weighted by Gasteiger charge is 2.30. The molecular formula is C20H20F3NO4. The van der Waals surface area contributed by atoms with E-state index in [2.05, 4.69) is 0 Å². The van der Waals surface area contributed by atoms with Gasteiger partial charge in [0.25, 0.3) is 0 Å². The predicted octanol–water partition coefficient (Wildman–Crippen LogP) is 4.12. The fraction of sp³-hybridized carbons (Fsp3) is 0.350. The highest BCUT2D eigenvalue weighted by Crippen LogP contribution is 2.30. The zero-order valence-corrected chi connectivity index (χ0v) is 14.9.